The topological polar surface area (TPSA) is 66.0 Å². The lowest BCUT2D eigenvalue weighted by Gasteiger charge is -2.10. The van der Waals surface area contributed by atoms with Gasteiger partial charge in [0.25, 0.3) is 5.56 Å². The third-order valence-electron chi connectivity index (χ3n) is 2.35. The van der Waals surface area contributed by atoms with Crippen LogP contribution in [0.5, 0.6) is 0 Å². The van der Waals surface area contributed by atoms with Gasteiger partial charge in [-0.1, -0.05) is 18.2 Å². The number of allylic oxidation sites excluding steroid dienone is 1. The van der Waals surface area contributed by atoms with Crippen molar-refractivity contribution in [1.82, 2.24) is 9.97 Å². The molecule has 0 radical (unpaired) electrons. The highest BCUT2D eigenvalue weighted by Gasteiger charge is 2.33. The van der Waals surface area contributed by atoms with Crippen LogP contribution in [0.25, 0.3) is 11.0 Å². The minimum absolute atomic E-state index is 0.282. The summed E-state index contributed by atoms with van der Waals surface area (Å²) in [4.78, 5) is 17.6. The summed E-state index contributed by atoms with van der Waals surface area (Å²) < 4.78 is 27.3. The van der Waals surface area contributed by atoms with Crippen LogP contribution in [0.1, 0.15) is 5.69 Å². The molecular weight excluding hydrogens is 242 g/mol. The first kappa shape index (κ1) is 12.4. The Morgan fingerprint density at radius 3 is 2.83 bits per heavy atom. The summed E-state index contributed by atoms with van der Waals surface area (Å²) in [6.07, 6.45) is 1.33. The molecule has 0 saturated carbocycles. The summed E-state index contributed by atoms with van der Waals surface area (Å²) in [7, 11) is 0. The van der Waals surface area contributed by atoms with Crippen LogP contribution in [-0.4, -0.2) is 21.7 Å². The number of aliphatic hydroxyl groups is 1. The number of aliphatic hydroxyl groups excluding tert-OH is 1. The predicted octanol–water partition coefficient (Wildman–Crippen LogP) is 1.56. The fourth-order valence-corrected chi connectivity index (χ4v) is 1.54. The van der Waals surface area contributed by atoms with Gasteiger partial charge < -0.3 is 10.1 Å². The van der Waals surface area contributed by atoms with Crippen LogP contribution in [0.15, 0.2) is 41.2 Å². The van der Waals surface area contributed by atoms with Crippen molar-refractivity contribution in [2.75, 3.05) is 6.61 Å². The number of fused-ring (bicyclic) bond motifs is 1. The molecule has 0 aliphatic carbocycles. The summed E-state index contributed by atoms with van der Waals surface area (Å²) in [6, 6.07) is 6.42. The van der Waals surface area contributed by atoms with E-state index in [1.165, 1.54) is 6.07 Å². The maximum absolute atomic E-state index is 13.7. The Labute approximate surface area is 101 Å². The van der Waals surface area contributed by atoms with Crippen LogP contribution in [0, 0.1) is 0 Å². The highest BCUT2D eigenvalue weighted by atomic mass is 19.3. The molecule has 0 saturated heterocycles. The summed E-state index contributed by atoms with van der Waals surface area (Å²) in [5.41, 5.74) is -1.15. The molecule has 0 atom stereocenters. The number of rotatable bonds is 3. The number of H-pyrrole nitrogens is 1. The van der Waals surface area contributed by atoms with Crippen LogP contribution < -0.4 is 5.56 Å². The minimum Gasteiger partial charge on any atom is -0.392 e. The lowest BCUT2D eigenvalue weighted by Crippen LogP contribution is -2.25. The van der Waals surface area contributed by atoms with Gasteiger partial charge in [0, 0.05) is 0 Å². The summed E-state index contributed by atoms with van der Waals surface area (Å²) in [5.74, 6) is -3.51. The van der Waals surface area contributed by atoms with Gasteiger partial charge in [-0.2, -0.15) is 8.78 Å². The Balaban J connectivity index is 2.61. The van der Waals surface area contributed by atoms with Crippen molar-refractivity contribution in [2.24, 2.45) is 0 Å². The molecule has 0 unspecified atom stereocenters. The molecule has 18 heavy (non-hydrogen) atoms. The van der Waals surface area contributed by atoms with Gasteiger partial charge in [-0.05, 0) is 18.2 Å². The summed E-state index contributed by atoms with van der Waals surface area (Å²) >= 11 is 0. The van der Waals surface area contributed by atoms with Crippen molar-refractivity contribution < 1.29 is 13.9 Å². The normalized spacial score (nSPS) is 12.4. The van der Waals surface area contributed by atoms with E-state index < -0.39 is 23.8 Å². The monoisotopic (exact) mass is 252 g/mol. The molecule has 2 N–H and O–H groups in total. The van der Waals surface area contributed by atoms with Gasteiger partial charge in [0.15, 0.2) is 5.69 Å². The van der Waals surface area contributed by atoms with E-state index >= 15 is 0 Å². The van der Waals surface area contributed by atoms with Gasteiger partial charge in [0.05, 0.1) is 17.6 Å². The SMILES string of the molecule is O=c1[nH]c2ccccc2nc1C(F)(F)/C=C/CO. The van der Waals surface area contributed by atoms with Crippen LogP contribution in [0.4, 0.5) is 8.78 Å². The summed E-state index contributed by atoms with van der Waals surface area (Å²) in [6.45, 7) is -0.527. The molecule has 1 aromatic heterocycles. The van der Waals surface area contributed by atoms with E-state index in [0.29, 0.717) is 11.6 Å². The molecule has 0 bridgehead atoms. The number of aromatic nitrogens is 2. The second-order valence-electron chi connectivity index (χ2n) is 3.64. The van der Waals surface area contributed by atoms with Gasteiger partial charge in [0.1, 0.15) is 0 Å². The molecule has 0 aliphatic rings. The van der Waals surface area contributed by atoms with E-state index in [4.69, 9.17) is 5.11 Å². The molecule has 2 rings (SSSR count). The zero-order valence-electron chi connectivity index (χ0n) is 9.23. The number of para-hydroxylation sites is 2. The zero-order chi connectivity index (χ0) is 13.2. The number of hydrogen-bond donors (Lipinski definition) is 2. The number of halogens is 2. The van der Waals surface area contributed by atoms with Crippen molar-refractivity contribution >= 4 is 11.0 Å². The predicted molar refractivity (Wildman–Crippen MR) is 62.5 cm³/mol. The van der Waals surface area contributed by atoms with E-state index in [2.05, 4.69) is 9.97 Å². The van der Waals surface area contributed by atoms with Gasteiger partial charge in [-0.15, -0.1) is 0 Å². The molecule has 0 aliphatic heterocycles. The number of benzene rings is 1. The van der Waals surface area contributed by atoms with E-state index in [1.54, 1.807) is 18.2 Å². The Bertz CT molecular complexity index is 650. The maximum atomic E-state index is 13.7. The van der Waals surface area contributed by atoms with Crippen molar-refractivity contribution in [3.63, 3.8) is 0 Å². The number of nitrogens with one attached hydrogen (secondary N) is 1. The molecule has 1 heterocycles. The highest BCUT2D eigenvalue weighted by Crippen LogP contribution is 2.26. The standard InChI is InChI=1S/C12H10F2N2O2/c13-12(14,6-3-7-17)10-11(18)16-9-5-2-1-4-8(9)15-10/h1-6,17H,7H2,(H,16,18)/b6-3+. The van der Waals surface area contributed by atoms with Crippen LogP contribution in [-0.2, 0) is 5.92 Å². The Hall–Kier alpha value is -2.08. The Kier molecular flexibility index (Phi) is 3.20. The Morgan fingerprint density at radius 2 is 2.11 bits per heavy atom. The smallest absolute Gasteiger partial charge is 0.313 e. The fourth-order valence-electron chi connectivity index (χ4n) is 1.54. The van der Waals surface area contributed by atoms with Crippen molar-refractivity contribution in [1.29, 1.82) is 0 Å². The maximum Gasteiger partial charge on any atom is 0.313 e. The second-order valence-corrected chi connectivity index (χ2v) is 3.64. The average molecular weight is 252 g/mol. The molecule has 4 nitrogen and oxygen atoms in total. The third-order valence-corrected chi connectivity index (χ3v) is 2.35. The quantitative estimate of drug-likeness (QED) is 0.815. The number of alkyl halides is 2. The fraction of sp³-hybridized carbons (Fsp3) is 0.167. The highest BCUT2D eigenvalue weighted by molar-refractivity contribution is 5.73. The van der Waals surface area contributed by atoms with Gasteiger partial charge >= 0.3 is 5.92 Å². The first-order valence-electron chi connectivity index (χ1n) is 5.20. The largest absolute Gasteiger partial charge is 0.392 e. The number of nitrogens with zero attached hydrogens (tertiary/aromatic N) is 1. The second kappa shape index (κ2) is 4.66. The Morgan fingerprint density at radius 1 is 1.39 bits per heavy atom. The van der Waals surface area contributed by atoms with Crippen LogP contribution in [0.2, 0.25) is 0 Å². The number of aromatic amines is 1. The van der Waals surface area contributed by atoms with E-state index in [-0.39, 0.29) is 5.52 Å². The minimum atomic E-state index is -3.51. The molecule has 0 spiro atoms. The first-order valence-corrected chi connectivity index (χ1v) is 5.20. The molecule has 6 heteroatoms. The molecule has 2 aromatic rings. The summed E-state index contributed by atoms with van der Waals surface area (Å²) in [5, 5.41) is 8.49. The lowest BCUT2D eigenvalue weighted by molar-refractivity contribution is 0.0452. The molecule has 94 valence electrons. The van der Waals surface area contributed by atoms with Crippen molar-refractivity contribution in [3.8, 4) is 0 Å². The van der Waals surface area contributed by atoms with E-state index in [0.717, 1.165) is 6.08 Å². The molecule has 0 fully saturated rings. The van der Waals surface area contributed by atoms with Crippen LogP contribution >= 0.6 is 0 Å². The van der Waals surface area contributed by atoms with E-state index in [1.807, 2.05) is 0 Å². The van der Waals surface area contributed by atoms with E-state index in [9.17, 15) is 13.6 Å². The molecule has 1 aromatic carbocycles. The third kappa shape index (κ3) is 2.28. The van der Waals surface area contributed by atoms with Gasteiger partial charge in [-0.3, -0.25) is 4.79 Å². The first-order chi connectivity index (χ1) is 8.54. The average Bonchev–Trinajstić information content (AvgIpc) is 2.35. The van der Waals surface area contributed by atoms with Gasteiger partial charge in [0.2, 0.25) is 0 Å². The van der Waals surface area contributed by atoms with Gasteiger partial charge in [-0.25, -0.2) is 4.98 Å². The number of hydrogen-bond acceptors (Lipinski definition) is 3. The van der Waals surface area contributed by atoms with Crippen molar-refractivity contribution in [3.05, 3.63) is 52.5 Å². The van der Waals surface area contributed by atoms with Crippen LogP contribution in [0.3, 0.4) is 0 Å². The zero-order valence-corrected chi connectivity index (χ0v) is 9.23. The van der Waals surface area contributed by atoms with Crippen molar-refractivity contribution in [2.45, 2.75) is 5.92 Å². The molecule has 0 amide bonds. The molecular formula is C12H10F2N2O2. The lowest BCUT2D eigenvalue weighted by atomic mass is 10.2.